The van der Waals surface area contributed by atoms with Gasteiger partial charge in [-0.1, -0.05) is 24.3 Å². The number of amides is 4. The van der Waals surface area contributed by atoms with Crippen LogP contribution in [0.2, 0.25) is 0 Å². The van der Waals surface area contributed by atoms with Crippen LogP contribution in [0.15, 0.2) is 58.5 Å². The van der Waals surface area contributed by atoms with E-state index in [1.165, 1.54) is 16.7 Å². The largest absolute Gasteiger partial charge is 0.444 e. The Bertz CT molecular complexity index is 2370. The zero-order chi connectivity index (χ0) is 51.2. The summed E-state index contributed by atoms with van der Waals surface area (Å²) in [5.74, 6) is -1.21. The summed E-state index contributed by atoms with van der Waals surface area (Å²) in [7, 11) is 0. The van der Waals surface area contributed by atoms with Crippen molar-refractivity contribution in [3.05, 3.63) is 71.3 Å². The van der Waals surface area contributed by atoms with E-state index in [0.717, 1.165) is 11.1 Å². The summed E-state index contributed by atoms with van der Waals surface area (Å²) in [6.07, 6.45) is 1.07. The number of ether oxygens (including phenoxy) is 4. The number of aliphatic hydroxyl groups is 1. The van der Waals surface area contributed by atoms with E-state index in [1.54, 1.807) is 124 Å². The van der Waals surface area contributed by atoms with Crippen LogP contribution in [0.1, 0.15) is 120 Å². The van der Waals surface area contributed by atoms with Gasteiger partial charge in [-0.25, -0.2) is 28.0 Å². The molecule has 69 heavy (non-hydrogen) atoms. The van der Waals surface area contributed by atoms with Crippen molar-refractivity contribution >= 4 is 47.4 Å². The first kappa shape index (κ1) is 53.3. The molecule has 1 atom stereocenters. The van der Waals surface area contributed by atoms with E-state index in [4.69, 9.17) is 18.9 Å². The highest BCUT2D eigenvalue weighted by molar-refractivity contribution is 6.00. The van der Waals surface area contributed by atoms with Crippen LogP contribution < -0.4 is 10.6 Å². The lowest BCUT2D eigenvalue weighted by Crippen LogP contribution is -2.48. The van der Waals surface area contributed by atoms with Gasteiger partial charge in [0.1, 0.15) is 34.0 Å². The van der Waals surface area contributed by atoms with Crippen molar-refractivity contribution < 1.29 is 52.0 Å². The number of alkyl carbamates (subject to hydrolysis) is 2. The molecule has 0 radical (unpaired) electrons. The molecule has 3 N–H and O–H groups in total. The van der Waals surface area contributed by atoms with Crippen molar-refractivity contribution in [1.82, 2.24) is 35.2 Å². The number of halogens is 2. The molecule has 0 fully saturated rings. The summed E-state index contributed by atoms with van der Waals surface area (Å²) in [6.45, 7) is 22.8. The van der Waals surface area contributed by atoms with E-state index < -0.39 is 64.5 Å². The number of hydrogen-bond donors (Lipinski definition) is 3. The van der Waals surface area contributed by atoms with Gasteiger partial charge < -0.3 is 38.4 Å². The Morgan fingerprint density at radius 1 is 0.638 bits per heavy atom. The van der Waals surface area contributed by atoms with E-state index in [1.807, 2.05) is 12.2 Å². The van der Waals surface area contributed by atoms with Crippen LogP contribution in [0, 0.1) is 11.6 Å². The first-order valence-corrected chi connectivity index (χ1v) is 22.7. The van der Waals surface area contributed by atoms with Crippen molar-refractivity contribution in [2.45, 2.75) is 131 Å². The maximum absolute atomic E-state index is 16.2. The summed E-state index contributed by atoms with van der Waals surface area (Å²) >= 11 is 0. The topological polar surface area (TPSA) is 211 Å². The lowest BCUT2D eigenvalue weighted by atomic mass is 9.97. The highest BCUT2D eigenvalue weighted by atomic mass is 19.1. The Morgan fingerprint density at radius 2 is 1.00 bits per heavy atom. The number of aliphatic imine (C=N–C) groups is 2. The molecule has 2 aliphatic rings. The number of aliphatic hydroxyl groups excluding tert-OH is 1. The fourth-order valence-corrected chi connectivity index (χ4v) is 7.09. The Kier molecular flexibility index (Phi) is 16.4. The summed E-state index contributed by atoms with van der Waals surface area (Å²) < 4.78 is 55.4. The highest BCUT2D eigenvalue weighted by Gasteiger charge is 2.29. The zero-order valence-electron chi connectivity index (χ0n) is 41.7. The molecule has 0 saturated carbocycles. The third-order valence-electron chi connectivity index (χ3n) is 9.99. The molecular weight excluding hydrogens is 897 g/mol. The van der Waals surface area contributed by atoms with E-state index in [2.05, 4.69) is 30.8 Å². The number of guanidine groups is 2. The number of rotatable bonds is 6. The minimum Gasteiger partial charge on any atom is -0.444 e. The number of carbonyl (C=O) groups excluding carboxylic acids is 4. The average molecular weight is 962 g/mol. The monoisotopic (exact) mass is 961 g/mol. The molecule has 5 rings (SSSR count). The van der Waals surface area contributed by atoms with Gasteiger partial charge in [-0.2, -0.15) is 0 Å². The molecule has 0 aliphatic carbocycles. The van der Waals surface area contributed by atoms with Crippen LogP contribution in [0.25, 0.3) is 33.9 Å². The van der Waals surface area contributed by atoms with Gasteiger partial charge in [0, 0.05) is 26.2 Å². The summed E-state index contributed by atoms with van der Waals surface area (Å²) in [6, 6.07) is 8.60. The fraction of sp³-hybridized carbons (Fsp3) is 0.510. The maximum Gasteiger partial charge on any atom is 0.437 e. The predicted molar refractivity (Wildman–Crippen MR) is 257 cm³/mol. The molecule has 20 heteroatoms. The van der Waals surface area contributed by atoms with Crippen LogP contribution in [-0.4, -0.2) is 121 Å². The molecule has 0 saturated heterocycles. The van der Waals surface area contributed by atoms with Crippen molar-refractivity contribution in [1.29, 1.82) is 0 Å². The van der Waals surface area contributed by atoms with Gasteiger partial charge in [-0.05, 0) is 149 Å². The number of aromatic nitrogens is 3. The summed E-state index contributed by atoms with van der Waals surface area (Å²) in [4.78, 5) is 62.2. The van der Waals surface area contributed by atoms with Crippen LogP contribution in [-0.2, 0) is 18.9 Å². The second-order valence-corrected chi connectivity index (χ2v) is 20.6. The summed E-state index contributed by atoms with van der Waals surface area (Å²) in [5.41, 5.74) is -0.346. The third kappa shape index (κ3) is 15.4. The Labute approximate surface area is 401 Å². The van der Waals surface area contributed by atoms with Crippen molar-refractivity contribution in [2.75, 3.05) is 32.8 Å². The first-order chi connectivity index (χ1) is 32.0. The van der Waals surface area contributed by atoms with Gasteiger partial charge in [0.15, 0.2) is 11.6 Å². The molecular formula is C49H65F2N9O9. The minimum atomic E-state index is -0.894. The molecule has 1 aromatic heterocycles. The lowest BCUT2D eigenvalue weighted by molar-refractivity contribution is 0.0536. The molecule has 0 spiro atoms. The van der Waals surface area contributed by atoms with Gasteiger partial charge in [-0.3, -0.25) is 10.6 Å². The molecule has 4 amide bonds. The number of nitrogens with one attached hydrogen (secondary N) is 2. The quantitative estimate of drug-likeness (QED) is 0.120. The van der Waals surface area contributed by atoms with Crippen molar-refractivity contribution in [3.8, 4) is 22.8 Å². The number of hydrogen-bond acceptors (Lipinski definition) is 11. The standard InChI is InChI=1S/C49H65F2N9O9/c1-29(28-61)60-38(34-16-14-32(26-36(34)50)30-18-22-58(23-19-30)40(52-42(62)66-46(2,3)4)53-43(63)67-47(5,6)7)56-57-39(60)35-17-15-33(27-37(35)51)31-20-24-59(25-21-31)41(54-44(64)68-48(8,9)10)55-45(65)69-49(11,12)13/h14-18,20,26-27,29,61H,19,21-25,28H2,1-13H3,(H,52,53,62,63)(H,54,55,64,65). The SMILES string of the molecule is CC(CO)n1c(-c2ccc(C3=CCN(/C(=N\C(=O)OC(C)(C)C)NC(=O)OC(C)(C)C)CC3)cc2F)nnc1-c1ccc(C2=CCN(/C(=N\C(=O)OC(C)(C)C)NC(=O)OC(C)(C)C)CC2)cc1F. The van der Waals surface area contributed by atoms with E-state index >= 15 is 8.78 Å². The van der Waals surface area contributed by atoms with Crippen LogP contribution in [0.4, 0.5) is 28.0 Å². The normalized spacial score (nSPS) is 15.7. The van der Waals surface area contributed by atoms with Crippen molar-refractivity contribution in [3.63, 3.8) is 0 Å². The van der Waals surface area contributed by atoms with E-state index in [0.29, 0.717) is 37.1 Å². The van der Waals surface area contributed by atoms with E-state index in [9.17, 15) is 24.3 Å². The average Bonchev–Trinajstić information content (AvgIpc) is 3.64. The zero-order valence-corrected chi connectivity index (χ0v) is 41.7. The van der Waals surface area contributed by atoms with Crippen molar-refractivity contribution in [2.24, 2.45) is 9.98 Å². The maximum atomic E-state index is 16.2. The molecule has 18 nitrogen and oxygen atoms in total. The molecule has 1 unspecified atom stereocenters. The van der Waals surface area contributed by atoms with Gasteiger partial charge in [0.2, 0.25) is 11.9 Å². The second kappa shape index (κ2) is 21.3. The number of carbonyl (C=O) groups is 4. The molecule has 0 bridgehead atoms. The smallest absolute Gasteiger partial charge is 0.437 e. The Morgan fingerprint density at radius 3 is 1.29 bits per heavy atom. The minimum absolute atomic E-state index is 0.0548. The Hall–Kier alpha value is -6.70. The van der Waals surface area contributed by atoms with Gasteiger partial charge in [0.25, 0.3) is 0 Å². The molecule has 3 heterocycles. The number of benzene rings is 2. The third-order valence-corrected chi connectivity index (χ3v) is 9.99. The van der Waals surface area contributed by atoms with Gasteiger partial charge >= 0.3 is 24.4 Å². The fourth-order valence-electron chi connectivity index (χ4n) is 7.09. The first-order valence-electron chi connectivity index (χ1n) is 22.7. The Balaban J connectivity index is 1.36. The van der Waals surface area contributed by atoms with E-state index in [-0.39, 0.29) is 54.4 Å². The molecule has 3 aromatic rings. The second-order valence-electron chi connectivity index (χ2n) is 20.6. The predicted octanol–water partition coefficient (Wildman–Crippen LogP) is 9.25. The molecule has 2 aromatic carbocycles. The van der Waals surface area contributed by atoms with Gasteiger partial charge in [-0.15, -0.1) is 20.2 Å². The number of nitrogens with zero attached hydrogens (tertiary/aromatic N) is 7. The van der Waals surface area contributed by atoms with Crippen LogP contribution in [0.3, 0.4) is 0 Å². The highest BCUT2D eigenvalue weighted by Crippen LogP contribution is 2.35. The molecule has 2 aliphatic heterocycles. The van der Waals surface area contributed by atoms with Gasteiger partial charge in [0.05, 0.1) is 23.8 Å². The summed E-state index contributed by atoms with van der Waals surface area (Å²) in [5, 5.41) is 24.0. The molecule has 374 valence electrons. The lowest BCUT2D eigenvalue weighted by Gasteiger charge is -2.30. The van der Waals surface area contributed by atoms with Crippen LogP contribution in [0.5, 0.6) is 0 Å². The van der Waals surface area contributed by atoms with Crippen LogP contribution >= 0.6 is 0 Å².